The largest absolute Gasteiger partial charge is 0.382 e. The van der Waals surface area contributed by atoms with Crippen LogP contribution in [0.4, 0.5) is 5.82 Å². The topological polar surface area (TPSA) is 68.0 Å². The number of hydrogen-bond acceptors (Lipinski definition) is 5. The van der Waals surface area contributed by atoms with E-state index in [0.717, 1.165) is 22.8 Å². The van der Waals surface area contributed by atoms with Crippen LogP contribution in [-0.2, 0) is 0 Å². The summed E-state index contributed by atoms with van der Waals surface area (Å²) in [6.07, 6.45) is 2.17. The zero-order valence-electron chi connectivity index (χ0n) is 8.45. The Hall–Kier alpha value is -0.750. The summed E-state index contributed by atoms with van der Waals surface area (Å²) < 4.78 is 4.95. The van der Waals surface area contributed by atoms with Gasteiger partial charge >= 0.3 is 0 Å². The third-order valence-corrected chi connectivity index (χ3v) is 4.09. The first-order chi connectivity index (χ1) is 7.22. The van der Waals surface area contributed by atoms with E-state index in [2.05, 4.69) is 9.69 Å². The standard InChI is InChI=1S/C9H13N3OS2/c1-2-14-9-6(7(10)12-15-9)8(13)11-5-3-4-5/h5H,2-4H2,1H3,(H2,10,12)(H,11,13). The van der Waals surface area contributed by atoms with E-state index >= 15 is 0 Å². The minimum Gasteiger partial charge on any atom is -0.382 e. The Morgan fingerprint density at radius 1 is 1.73 bits per heavy atom. The summed E-state index contributed by atoms with van der Waals surface area (Å²) in [5.74, 6) is 1.21. The van der Waals surface area contributed by atoms with Gasteiger partial charge in [0, 0.05) is 6.04 Å². The number of carbonyl (C=O) groups is 1. The number of nitrogens with zero attached hydrogens (tertiary/aromatic N) is 1. The lowest BCUT2D eigenvalue weighted by Crippen LogP contribution is -2.26. The molecule has 1 aliphatic rings. The van der Waals surface area contributed by atoms with E-state index in [0.29, 0.717) is 17.4 Å². The van der Waals surface area contributed by atoms with Gasteiger partial charge in [-0.15, -0.1) is 11.8 Å². The SMILES string of the molecule is CCSc1snc(N)c1C(=O)NC1CC1. The number of anilines is 1. The zero-order chi connectivity index (χ0) is 10.8. The molecule has 0 aliphatic heterocycles. The van der Waals surface area contributed by atoms with Gasteiger partial charge in [-0.05, 0) is 30.1 Å². The average Bonchev–Trinajstić information content (AvgIpc) is 2.91. The van der Waals surface area contributed by atoms with Crippen molar-refractivity contribution < 1.29 is 4.79 Å². The molecular formula is C9H13N3OS2. The number of carbonyl (C=O) groups excluding carboxylic acids is 1. The molecule has 1 heterocycles. The van der Waals surface area contributed by atoms with E-state index in [9.17, 15) is 4.79 Å². The van der Waals surface area contributed by atoms with Crippen LogP contribution in [0.2, 0.25) is 0 Å². The van der Waals surface area contributed by atoms with Crippen LogP contribution in [0.3, 0.4) is 0 Å². The molecule has 6 heteroatoms. The van der Waals surface area contributed by atoms with Crippen LogP contribution in [0.5, 0.6) is 0 Å². The minimum absolute atomic E-state index is 0.0697. The van der Waals surface area contributed by atoms with Crippen LogP contribution in [0.15, 0.2) is 4.21 Å². The molecule has 1 amide bonds. The van der Waals surface area contributed by atoms with E-state index < -0.39 is 0 Å². The highest BCUT2D eigenvalue weighted by Gasteiger charge is 2.27. The first kappa shape index (κ1) is 10.8. The lowest BCUT2D eigenvalue weighted by Gasteiger charge is -2.03. The molecule has 1 aromatic heterocycles. The fraction of sp³-hybridized carbons (Fsp3) is 0.556. The van der Waals surface area contributed by atoms with E-state index in [1.807, 2.05) is 6.92 Å². The predicted octanol–water partition coefficient (Wildman–Crippen LogP) is 1.73. The second-order valence-corrected chi connectivity index (χ2v) is 5.72. The van der Waals surface area contributed by atoms with Gasteiger partial charge in [-0.2, -0.15) is 4.37 Å². The van der Waals surface area contributed by atoms with Crippen molar-refractivity contribution in [3.8, 4) is 0 Å². The Labute approximate surface area is 96.8 Å². The van der Waals surface area contributed by atoms with Gasteiger partial charge in [0.15, 0.2) is 5.82 Å². The van der Waals surface area contributed by atoms with Crippen molar-refractivity contribution in [3.05, 3.63) is 5.56 Å². The molecule has 0 spiro atoms. The Balaban J connectivity index is 2.15. The van der Waals surface area contributed by atoms with E-state index in [4.69, 9.17) is 5.73 Å². The molecule has 4 nitrogen and oxygen atoms in total. The molecule has 0 saturated heterocycles. The number of nitrogens with two attached hydrogens (primary N) is 1. The summed E-state index contributed by atoms with van der Waals surface area (Å²) in [7, 11) is 0. The summed E-state index contributed by atoms with van der Waals surface area (Å²) in [5, 5.41) is 2.93. The number of amides is 1. The Kier molecular flexibility index (Phi) is 3.16. The van der Waals surface area contributed by atoms with Gasteiger partial charge in [-0.3, -0.25) is 4.79 Å². The Morgan fingerprint density at radius 3 is 3.07 bits per heavy atom. The minimum atomic E-state index is -0.0697. The van der Waals surface area contributed by atoms with Gasteiger partial charge in [0.25, 0.3) is 5.91 Å². The maximum absolute atomic E-state index is 11.8. The monoisotopic (exact) mass is 243 g/mol. The second-order valence-electron chi connectivity index (χ2n) is 3.41. The average molecular weight is 243 g/mol. The summed E-state index contributed by atoms with van der Waals surface area (Å²) in [4.78, 5) is 11.8. The van der Waals surface area contributed by atoms with Gasteiger partial charge in [0.05, 0.1) is 4.21 Å². The van der Waals surface area contributed by atoms with E-state index in [1.54, 1.807) is 11.8 Å². The number of aromatic nitrogens is 1. The number of thioether (sulfide) groups is 1. The lowest BCUT2D eigenvalue weighted by atomic mass is 10.3. The van der Waals surface area contributed by atoms with Gasteiger partial charge in [0.2, 0.25) is 0 Å². The molecule has 2 rings (SSSR count). The maximum atomic E-state index is 11.8. The molecule has 3 N–H and O–H groups in total. The molecule has 0 bridgehead atoms. The molecule has 0 atom stereocenters. The van der Waals surface area contributed by atoms with Crippen LogP contribution in [-0.4, -0.2) is 22.1 Å². The quantitative estimate of drug-likeness (QED) is 0.790. The molecule has 1 aromatic rings. The third-order valence-electron chi connectivity index (χ3n) is 2.10. The highest BCUT2D eigenvalue weighted by Crippen LogP contribution is 2.31. The van der Waals surface area contributed by atoms with Crippen LogP contribution >= 0.6 is 23.3 Å². The maximum Gasteiger partial charge on any atom is 0.257 e. The van der Waals surface area contributed by atoms with Crippen molar-refractivity contribution >= 4 is 35.0 Å². The predicted molar refractivity (Wildman–Crippen MR) is 63.4 cm³/mol. The summed E-state index contributed by atoms with van der Waals surface area (Å²) in [6, 6.07) is 0.358. The Morgan fingerprint density at radius 2 is 2.47 bits per heavy atom. The van der Waals surface area contributed by atoms with Crippen molar-refractivity contribution in [3.63, 3.8) is 0 Å². The number of nitrogen functional groups attached to an aromatic ring is 1. The van der Waals surface area contributed by atoms with Crippen LogP contribution in [0, 0.1) is 0 Å². The van der Waals surface area contributed by atoms with Gasteiger partial charge in [0.1, 0.15) is 5.56 Å². The van der Waals surface area contributed by atoms with Gasteiger partial charge in [-0.25, -0.2) is 0 Å². The zero-order valence-corrected chi connectivity index (χ0v) is 10.1. The molecule has 1 aliphatic carbocycles. The highest BCUT2D eigenvalue weighted by atomic mass is 32.2. The van der Waals surface area contributed by atoms with E-state index in [1.165, 1.54) is 11.5 Å². The summed E-state index contributed by atoms with van der Waals surface area (Å²) in [6.45, 7) is 2.04. The van der Waals surface area contributed by atoms with Crippen molar-refractivity contribution in [2.24, 2.45) is 0 Å². The van der Waals surface area contributed by atoms with Crippen LogP contribution < -0.4 is 11.1 Å². The second kappa shape index (κ2) is 4.40. The molecule has 0 radical (unpaired) electrons. The normalized spacial score (nSPS) is 15.3. The first-order valence-corrected chi connectivity index (χ1v) is 6.67. The summed E-state index contributed by atoms with van der Waals surface area (Å²) in [5.41, 5.74) is 6.26. The van der Waals surface area contributed by atoms with Crippen molar-refractivity contribution in [1.29, 1.82) is 0 Å². The van der Waals surface area contributed by atoms with Gasteiger partial charge < -0.3 is 11.1 Å². The van der Waals surface area contributed by atoms with Crippen molar-refractivity contribution in [1.82, 2.24) is 9.69 Å². The van der Waals surface area contributed by atoms with Crippen molar-refractivity contribution in [2.45, 2.75) is 30.0 Å². The fourth-order valence-electron chi connectivity index (χ4n) is 1.21. The molecule has 1 fully saturated rings. The first-order valence-electron chi connectivity index (χ1n) is 4.91. The Bertz CT molecular complexity index is 373. The van der Waals surface area contributed by atoms with Crippen LogP contribution in [0.1, 0.15) is 30.1 Å². The molecule has 0 aromatic carbocycles. The molecule has 0 unspecified atom stereocenters. The molecule has 1 saturated carbocycles. The summed E-state index contributed by atoms with van der Waals surface area (Å²) >= 11 is 2.92. The number of nitrogens with one attached hydrogen (secondary N) is 1. The smallest absolute Gasteiger partial charge is 0.257 e. The lowest BCUT2D eigenvalue weighted by molar-refractivity contribution is 0.0949. The van der Waals surface area contributed by atoms with Crippen LogP contribution in [0.25, 0.3) is 0 Å². The molecule has 15 heavy (non-hydrogen) atoms. The van der Waals surface area contributed by atoms with E-state index in [-0.39, 0.29) is 5.91 Å². The van der Waals surface area contributed by atoms with Gasteiger partial charge in [-0.1, -0.05) is 6.92 Å². The van der Waals surface area contributed by atoms with Crippen molar-refractivity contribution in [2.75, 3.05) is 11.5 Å². The number of rotatable bonds is 4. The third kappa shape index (κ3) is 2.43. The molecule has 82 valence electrons. The molecular weight excluding hydrogens is 230 g/mol. The fourth-order valence-corrected chi connectivity index (χ4v) is 3.05. The number of hydrogen-bond donors (Lipinski definition) is 2. The highest BCUT2D eigenvalue weighted by molar-refractivity contribution is 8.01.